The summed E-state index contributed by atoms with van der Waals surface area (Å²) < 4.78 is 27.8. The van der Waals surface area contributed by atoms with Gasteiger partial charge in [-0.3, -0.25) is 0 Å². The van der Waals surface area contributed by atoms with Crippen molar-refractivity contribution in [3.05, 3.63) is 64.8 Å². The van der Waals surface area contributed by atoms with E-state index in [4.69, 9.17) is 21.1 Å². The maximum absolute atomic E-state index is 14.9. The van der Waals surface area contributed by atoms with Crippen LogP contribution in [0.4, 0.5) is 10.2 Å². The molecule has 2 aromatic heterocycles. The van der Waals surface area contributed by atoms with Crippen LogP contribution in [0.2, 0.25) is 5.02 Å². The van der Waals surface area contributed by atoms with Gasteiger partial charge in [0.2, 0.25) is 0 Å². The van der Waals surface area contributed by atoms with Gasteiger partial charge in [0, 0.05) is 41.9 Å². The van der Waals surface area contributed by atoms with Crippen molar-refractivity contribution in [1.29, 1.82) is 0 Å². The highest BCUT2D eigenvalue weighted by Crippen LogP contribution is 2.35. The van der Waals surface area contributed by atoms with E-state index in [-0.39, 0.29) is 10.6 Å². The van der Waals surface area contributed by atoms with Gasteiger partial charge in [0.25, 0.3) is 0 Å². The van der Waals surface area contributed by atoms with Crippen molar-refractivity contribution in [3.63, 3.8) is 0 Å². The highest BCUT2D eigenvalue weighted by atomic mass is 35.5. The van der Waals surface area contributed by atoms with E-state index in [0.717, 1.165) is 18.5 Å². The minimum atomic E-state index is -1.05. The number of nitrogens with one attached hydrogen (secondary N) is 1. The quantitative estimate of drug-likeness (QED) is 0.225. The Kier molecular flexibility index (Phi) is 8.13. The van der Waals surface area contributed by atoms with E-state index in [1.165, 1.54) is 25.6 Å². The number of aryl methyl sites for hydroxylation is 1. The average Bonchev–Trinajstić information content (AvgIpc) is 3.22. The number of anilines is 1. The van der Waals surface area contributed by atoms with Crippen LogP contribution in [0.1, 0.15) is 35.8 Å². The third kappa shape index (κ3) is 5.61. The summed E-state index contributed by atoms with van der Waals surface area (Å²) in [5, 5.41) is 13.4. The second-order valence-electron chi connectivity index (χ2n) is 8.51. The standard InChI is InChI=1S/C27H28ClFN4O4/c1-4-5-10-37-23-12-17(6-7-18(23)27(34)35)21-14-24(32-15-31-21)30-8-9-33-16(2)11-19-22(36-3)13-20(28)25(29)26(19)33/h6-7,11-15H,4-5,8-10H2,1-3H3,(H,34,35)(H,30,31,32). The Bertz CT molecular complexity index is 1440. The first kappa shape index (κ1) is 26.2. The van der Waals surface area contributed by atoms with Crippen molar-refractivity contribution in [1.82, 2.24) is 14.5 Å². The molecule has 2 N–H and O–H groups in total. The largest absolute Gasteiger partial charge is 0.496 e. The minimum absolute atomic E-state index is 0.00376. The number of unbranched alkanes of at least 4 members (excludes halogenated alkanes) is 1. The van der Waals surface area contributed by atoms with Crippen molar-refractivity contribution in [2.75, 3.05) is 25.6 Å². The molecule has 0 saturated heterocycles. The van der Waals surface area contributed by atoms with Crippen LogP contribution in [0, 0.1) is 12.7 Å². The molecule has 0 saturated carbocycles. The molecule has 4 aromatic rings. The number of carboxylic acid groups (broad SMARTS) is 1. The Morgan fingerprint density at radius 2 is 2.00 bits per heavy atom. The average molecular weight is 527 g/mol. The number of nitrogens with zero attached hydrogens (tertiary/aromatic N) is 3. The lowest BCUT2D eigenvalue weighted by atomic mass is 10.1. The summed E-state index contributed by atoms with van der Waals surface area (Å²) in [7, 11) is 1.53. The molecule has 194 valence electrons. The molecule has 0 unspecified atom stereocenters. The van der Waals surface area contributed by atoms with Crippen LogP contribution in [0.3, 0.4) is 0 Å². The van der Waals surface area contributed by atoms with E-state index in [1.54, 1.807) is 18.2 Å². The number of rotatable bonds is 11. The van der Waals surface area contributed by atoms with Gasteiger partial charge < -0.3 is 24.5 Å². The molecule has 0 aliphatic heterocycles. The highest BCUT2D eigenvalue weighted by Gasteiger charge is 2.18. The third-order valence-corrected chi connectivity index (χ3v) is 6.31. The van der Waals surface area contributed by atoms with E-state index < -0.39 is 11.8 Å². The summed E-state index contributed by atoms with van der Waals surface area (Å²) in [4.78, 5) is 20.2. The monoisotopic (exact) mass is 526 g/mol. The molecule has 8 nitrogen and oxygen atoms in total. The normalized spacial score (nSPS) is 11.1. The summed E-state index contributed by atoms with van der Waals surface area (Å²) in [6.07, 6.45) is 3.19. The fraction of sp³-hybridized carbons (Fsp3) is 0.296. The van der Waals surface area contributed by atoms with Gasteiger partial charge in [-0.2, -0.15) is 0 Å². The third-order valence-electron chi connectivity index (χ3n) is 6.04. The van der Waals surface area contributed by atoms with Crippen LogP contribution >= 0.6 is 11.6 Å². The van der Waals surface area contributed by atoms with Crippen LogP contribution < -0.4 is 14.8 Å². The molecule has 0 radical (unpaired) electrons. The molecule has 0 spiro atoms. The van der Waals surface area contributed by atoms with Crippen molar-refractivity contribution < 1.29 is 23.8 Å². The predicted molar refractivity (Wildman–Crippen MR) is 142 cm³/mol. The molecule has 37 heavy (non-hydrogen) atoms. The number of aromatic nitrogens is 3. The smallest absolute Gasteiger partial charge is 0.339 e. The molecular weight excluding hydrogens is 499 g/mol. The molecule has 0 aliphatic rings. The first-order chi connectivity index (χ1) is 17.8. The minimum Gasteiger partial charge on any atom is -0.496 e. The van der Waals surface area contributed by atoms with E-state index in [0.29, 0.717) is 59.2 Å². The fourth-order valence-electron chi connectivity index (χ4n) is 4.14. The first-order valence-electron chi connectivity index (χ1n) is 11.9. The molecular formula is C27H28ClFN4O4. The lowest BCUT2D eigenvalue weighted by molar-refractivity contribution is 0.0692. The number of fused-ring (bicyclic) bond motifs is 1. The molecule has 0 aliphatic carbocycles. The van der Waals surface area contributed by atoms with E-state index >= 15 is 0 Å². The summed E-state index contributed by atoms with van der Waals surface area (Å²) in [5.41, 5.74) is 2.68. The number of carboxylic acids is 1. The van der Waals surface area contributed by atoms with Gasteiger partial charge in [0.15, 0.2) is 5.82 Å². The van der Waals surface area contributed by atoms with Crippen LogP contribution in [0.15, 0.2) is 42.7 Å². The molecule has 10 heteroatoms. The maximum atomic E-state index is 14.9. The topological polar surface area (TPSA) is 98.5 Å². The number of carbonyl (C=O) groups is 1. The molecule has 2 aromatic carbocycles. The predicted octanol–water partition coefficient (Wildman–Crippen LogP) is 6.20. The van der Waals surface area contributed by atoms with Gasteiger partial charge in [-0.1, -0.05) is 31.0 Å². The van der Waals surface area contributed by atoms with Crippen LogP contribution in [0.5, 0.6) is 11.5 Å². The Labute approximate surface area is 219 Å². The number of hydrogen-bond acceptors (Lipinski definition) is 6. The zero-order valence-electron chi connectivity index (χ0n) is 20.8. The summed E-state index contributed by atoms with van der Waals surface area (Å²) in [5.74, 6) is -0.143. The molecule has 0 amide bonds. The Morgan fingerprint density at radius 3 is 2.73 bits per heavy atom. The number of hydrogen-bond donors (Lipinski definition) is 2. The number of aromatic carboxylic acids is 1. The maximum Gasteiger partial charge on any atom is 0.339 e. The van der Waals surface area contributed by atoms with Crippen LogP contribution in [0.25, 0.3) is 22.2 Å². The Hall–Kier alpha value is -3.85. The Balaban J connectivity index is 1.53. The Morgan fingerprint density at radius 1 is 1.19 bits per heavy atom. The van der Waals surface area contributed by atoms with Crippen LogP contribution in [-0.2, 0) is 6.54 Å². The number of ether oxygens (including phenoxy) is 2. The van der Waals surface area contributed by atoms with Gasteiger partial charge in [-0.05, 0) is 31.5 Å². The second kappa shape index (κ2) is 11.5. The first-order valence-corrected chi connectivity index (χ1v) is 12.3. The van der Waals surface area contributed by atoms with Crippen molar-refractivity contribution in [2.24, 2.45) is 0 Å². The lowest BCUT2D eigenvalue weighted by Gasteiger charge is -2.13. The van der Waals surface area contributed by atoms with Gasteiger partial charge in [0.1, 0.15) is 29.2 Å². The lowest BCUT2D eigenvalue weighted by Crippen LogP contribution is -2.13. The SMILES string of the molecule is CCCCOc1cc(-c2cc(NCCn3c(C)cc4c(OC)cc(Cl)c(F)c43)ncn2)ccc1C(=O)O. The molecule has 0 fully saturated rings. The van der Waals surface area contributed by atoms with Gasteiger partial charge in [-0.15, -0.1) is 0 Å². The van der Waals surface area contributed by atoms with Crippen molar-refractivity contribution in [2.45, 2.75) is 33.2 Å². The van der Waals surface area contributed by atoms with Crippen molar-refractivity contribution >= 4 is 34.3 Å². The van der Waals surface area contributed by atoms with E-state index in [1.807, 2.05) is 24.5 Å². The highest BCUT2D eigenvalue weighted by molar-refractivity contribution is 6.31. The molecule has 0 bridgehead atoms. The summed E-state index contributed by atoms with van der Waals surface area (Å²) >= 11 is 6.09. The summed E-state index contributed by atoms with van der Waals surface area (Å²) in [6, 6.07) is 10.0. The summed E-state index contributed by atoms with van der Waals surface area (Å²) in [6.45, 7) is 5.28. The van der Waals surface area contributed by atoms with E-state index in [2.05, 4.69) is 15.3 Å². The molecule has 4 rings (SSSR count). The zero-order chi connectivity index (χ0) is 26.5. The molecule has 2 heterocycles. The van der Waals surface area contributed by atoms with Gasteiger partial charge in [-0.25, -0.2) is 19.2 Å². The second-order valence-corrected chi connectivity index (χ2v) is 8.91. The zero-order valence-corrected chi connectivity index (χ0v) is 21.6. The van der Waals surface area contributed by atoms with Crippen LogP contribution in [-0.4, -0.2) is 45.9 Å². The van der Waals surface area contributed by atoms with Gasteiger partial charge in [0.05, 0.1) is 29.9 Å². The van der Waals surface area contributed by atoms with Gasteiger partial charge >= 0.3 is 5.97 Å². The fourth-order valence-corrected chi connectivity index (χ4v) is 4.33. The van der Waals surface area contributed by atoms with Crippen molar-refractivity contribution in [3.8, 4) is 22.8 Å². The number of halogens is 2. The molecule has 0 atom stereocenters. The van der Waals surface area contributed by atoms with E-state index in [9.17, 15) is 14.3 Å². The number of benzene rings is 2. The number of methoxy groups -OCH3 is 1.